The molecule has 1 aliphatic rings. The number of nitrogens with one attached hydrogen (secondary N) is 1. The molecule has 0 bridgehead atoms. The van der Waals surface area contributed by atoms with Crippen molar-refractivity contribution in [3.8, 4) is 22.8 Å². The summed E-state index contributed by atoms with van der Waals surface area (Å²) in [5.41, 5.74) is 1.84. The number of rotatable bonds is 10. The molecule has 1 atom stereocenters. The fourth-order valence-corrected chi connectivity index (χ4v) is 4.69. The lowest BCUT2D eigenvalue weighted by atomic mass is 10.1. The number of aromatic nitrogens is 3. The molecule has 1 fully saturated rings. The quantitative estimate of drug-likeness (QED) is 0.392. The fourth-order valence-electron chi connectivity index (χ4n) is 3.99. The maximum Gasteiger partial charge on any atom is 0.326 e. The van der Waals surface area contributed by atoms with Gasteiger partial charge in [0.1, 0.15) is 23.1 Å². The van der Waals surface area contributed by atoms with Crippen LogP contribution in [-0.2, 0) is 4.74 Å². The maximum absolute atomic E-state index is 6.68. The van der Waals surface area contributed by atoms with Crippen LogP contribution in [-0.4, -0.2) is 80.5 Å². The van der Waals surface area contributed by atoms with Crippen LogP contribution in [0.2, 0.25) is 10.0 Å². The van der Waals surface area contributed by atoms with E-state index in [1.807, 2.05) is 6.07 Å². The zero-order valence-electron chi connectivity index (χ0n) is 20.4. The van der Waals surface area contributed by atoms with Crippen LogP contribution in [0.4, 0.5) is 11.8 Å². The molecule has 1 aromatic carbocycles. The third kappa shape index (κ3) is 5.87. The number of pyridine rings is 1. The molecule has 0 radical (unpaired) electrons. The maximum atomic E-state index is 6.68. The van der Waals surface area contributed by atoms with Crippen LogP contribution >= 0.6 is 23.2 Å². The van der Waals surface area contributed by atoms with Crippen molar-refractivity contribution < 1.29 is 19.5 Å². The van der Waals surface area contributed by atoms with E-state index in [4.69, 9.17) is 47.4 Å². The first-order valence-electron chi connectivity index (χ1n) is 11.5. The zero-order chi connectivity index (χ0) is 24.9. The Kier molecular flexibility index (Phi) is 8.46. The molecule has 0 amide bonds. The van der Waals surface area contributed by atoms with Gasteiger partial charge in [-0.25, -0.2) is 4.98 Å². The highest BCUT2D eigenvalue weighted by atomic mass is 35.5. The SMILES string of the molecule is COc1cc(OC)c(Cl)c(-c2cc3cnc([NH2+]C4CCOC4)nc3c(NCCCN(C)C)n2)c1Cl. The second kappa shape index (κ2) is 11.5. The normalized spacial score (nSPS) is 15.7. The first-order valence-corrected chi connectivity index (χ1v) is 12.3. The topological polar surface area (TPSA) is 98.2 Å². The van der Waals surface area contributed by atoms with Crippen LogP contribution in [0.5, 0.6) is 11.5 Å². The minimum Gasteiger partial charge on any atom is -0.495 e. The van der Waals surface area contributed by atoms with Crippen molar-refractivity contribution in [3.05, 3.63) is 28.4 Å². The first-order chi connectivity index (χ1) is 16.9. The summed E-state index contributed by atoms with van der Waals surface area (Å²) in [7, 11) is 7.20. The summed E-state index contributed by atoms with van der Waals surface area (Å²) in [6.45, 7) is 3.14. The van der Waals surface area contributed by atoms with Gasteiger partial charge in [0.25, 0.3) is 0 Å². The average Bonchev–Trinajstić information content (AvgIpc) is 3.35. The van der Waals surface area contributed by atoms with Crippen LogP contribution in [0, 0.1) is 0 Å². The molecule has 2 aromatic heterocycles. The third-order valence-corrected chi connectivity index (χ3v) is 6.59. The lowest BCUT2D eigenvalue weighted by Crippen LogP contribution is -2.85. The molecule has 9 nitrogen and oxygen atoms in total. The third-order valence-electron chi connectivity index (χ3n) is 5.84. The molecule has 1 unspecified atom stereocenters. The van der Waals surface area contributed by atoms with Crippen LogP contribution in [0.1, 0.15) is 12.8 Å². The number of hydrogen-bond acceptors (Lipinski definition) is 8. The van der Waals surface area contributed by atoms with E-state index in [9.17, 15) is 0 Å². The lowest BCUT2D eigenvalue weighted by Gasteiger charge is -2.16. The van der Waals surface area contributed by atoms with Gasteiger partial charge < -0.3 is 24.4 Å². The van der Waals surface area contributed by atoms with Crippen molar-refractivity contribution in [2.24, 2.45) is 0 Å². The van der Waals surface area contributed by atoms with Gasteiger partial charge in [-0.05, 0) is 33.1 Å². The Balaban J connectivity index is 1.79. The number of fused-ring (bicyclic) bond motifs is 1. The largest absolute Gasteiger partial charge is 0.495 e. The van der Waals surface area contributed by atoms with Crippen LogP contribution < -0.4 is 20.1 Å². The summed E-state index contributed by atoms with van der Waals surface area (Å²) < 4.78 is 16.4. The molecule has 3 heterocycles. The molecule has 4 rings (SSSR count). The van der Waals surface area contributed by atoms with Crippen molar-refractivity contribution in [1.29, 1.82) is 0 Å². The van der Waals surface area contributed by atoms with Gasteiger partial charge in [-0.1, -0.05) is 23.2 Å². The molecule has 3 aromatic rings. The van der Waals surface area contributed by atoms with E-state index in [2.05, 4.69) is 34.6 Å². The van der Waals surface area contributed by atoms with Gasteiger partial charge in [0.05, 0.1) is 43.2 Å². The van der Waals surface area contributed by atoms with E-state index in [1.54, 1.807) is 26.5 Å². The highest BCUT2D eigenvalue weighted by Gasteiger charge is 2.23. The number of anilines is 1. The van der Waals surface area contributed by atoms with E-state index in [-0.39, 0.29) is 0 Å². The predicted molar refractivity (Wildman–Crippen MR) is 138 cm³/mol. The van der Waals surface area contributed by atoms with Crippen molar-refractivity contribution in [3.63, 3.8) is 0 Å². The lowest BCUT2D eigenvalue weighted by molar-refractivity contribution is -0.615. The van der Waals surface area contributed by atoms with E-state index < -0.39 is 0 Å². The van der Waals surface area contributed by atoms with Crippen LogP contribution in [0.3, 0.4) is 0 Å². The van der Waals surface area contributed by atoms with Gasteiger partial charge in [0.15, 0.2) is 5.82 Å². The Morgan fingerprint density at radius 3 is 2.51 bits per heavy atom. The van der Waals surface area contributed by atoms with E-state index >= 15 is 0 Å². The Hall–Kier alpha value is -2.43. The monoisotopic (exact) mass is 521 g/mol. The molecule has 35 heavy (non-hydrogen) atoms. The molecular weight excluding hydrogens is 491 g/mol. The second-order valence-corrected chi connectivity index (χ2v) is 9.44. The number of hydrogen-bond donors (Lipinski definition) is 2. The summed E-state index contributed by atoms with van der Waals surface area (Å²) in [6.07, 6.45) is 3.72. The number of halogens is 2. The minimum absolute atomic E-state index is 0.318. The number of benzene rings is 1. The van der Waals surface area contributed by atoms with Gasteiger partial charge in [-0.2, -0.15) is 9.97 Å². The number of nitrogens with zero attached hydrogens (tertiary/aromatic N) is 4. The van der Waals surface area contributed by atoms with E-state index in [1.165, 1.54) is 0 Å². The second-order valence-electron chi connectivity index (χ2n) is 8.68. The molecule has 188 valence electrons. The molecule has 1 aliphatic heterocycles. The first kappa shape index (κ1) is 25.7. The summed E-state index contributed by atoms with van der Waals surface area (Å²) in [5, 5.41) is 7.05. The molecule has 3 N–H and O–H groups in total. The van der Waals surface area contributed by atoms with Gasteiger partial charge in [0, 0.05) is 36.2 Å². The van der Waals surface area contributed by atoms with E-state index in [0.29, 0.717) is 57.2 Å². The van der Waals surface area contributed by atoms with Gasteiger partial charge in [-0.15, -0.1) is 0 Å². The minimum atomic E-state index is 0.318. The van der Waals surface area contributed by atoms with Crippen molar-refractivity contribution in [2.45, 2.75) is 18.9 Å². The molecule has 0 aliphatic carbocycles. The Morgan fingerprint density at radius 2 is 1.89 bits per heavy atom. The summed E-state index contributed by atoms with van der Waals surface area (Å²) in [6, 6.07) is 3.86. The molecule has 0 saturated carbocycles. The Labute approximate surface area is 215 Å². The van der Waals surface area contributed by atoms with Crippen molar-refractivity contribution in [2.75, 3.05) is 59.9 Å². The molecule has 1 saturated heterocycles. The summed E-state index contributed by atoms with van der Waals surface area (Å²) >= 11 is 13.4. The average molecular weight is 522 g/mol. The number of methoxy groups -OCH3 is 2. The van der Waals surface area contributed by atoms with Crippen LogP contribution in [0.15, 0.2) is 18.3 Å². The highest BCUT2D eigenvalue weighted by molar-refractivity contribution is 6.41. The fraction of sp³-hybridized carbons (Fsp3) is 0.458. The Morgan fingerprint density at radius 1 is 1.14 bits per heavy atom. The zero-order valence-corrected chi connectivity index (χ0v) is 21.9. The smallest absolute Gasteiger partial charge is 0.326 e. The van der Waals surface area contributed by atoms with Gasteiger partial charge in [-0.3, -0.25) is 5.32 Å². The van der Waals surface area contributed by atoms with Gasteiger partial charge >= 0.3 is 5.95 Å². The number of quaternary nitrogens is 1. The summed E-state index contributed by atoms with van der Waals surface area (Å²) in [4.78, 5) is 16.4. The predicted octanol–water partition coefficient (Wildman–Crippen LogP) is 3.36. The number of nitrogens with two attached hydrogens (primary N) is 1. The molecular formula is C24H31Cl2N6O3+. The standard InChI is InChI=1S/C24H30Cl2N6O3/c1-32(2)8-5-7-27-23-22-14(12-28-24(31-22)29-15-6-9-35-13-15)10-16(30-23)19-20(25)17(33-3)11-18(34-4)21(19)26/h10-12,15H,5-9,13H2,1-4H3,(H,27,30)(H,28,29,31)/p+1. The van der Waals surface area contributed by atoms with Crippen LogP contribution in [0.25, 0.3) is 22.2 Å². The van der Waals surface area contributed by atoms with E-state index in [0.717, 1.165) is 43.4 Å². The summed E-state index contributed by atoms with van der Waals surface area (Å²) in [5.74, 6) is 2.21. The van der Waals surface area contributed by atoms with Gasteiger partial charge in [0.2, 0.25) is 0 Å². The molecule has 0 spiro atoms. The van der Waals surface area contributed by atoms with Crippen molar-refractivity contribution >= 4 is 45.9 Å². The molecule has 11 heteroatoms. The highest BCUT2D eigenvalue weighted by Crippen LogP contribution is 2.46. The Bertz CT molecular complexity index is 1160. The number of ether oxygens (including phenoxy) is 3. The van der Waals surface area contributed by atoms with Crippen molar-refractivity contribution in [1.82, 2.24) is 19.9 Å².